The van der Waals surface area contributed by atoms with Crippen molar-refractivity contribution in [1.82, 2.24) is 9.29 Å². The summed E-state index contributed by atoms with van der Waals surface area (Å²) in [6, 6.07) is 16.1. The minimum atomic E-state index is -3.57. The first-order chi connectivity index (χ1) is 10.6. The topological polar surface area (TPSA) is 51.1 Å². The maximum atomic E-state index is 12.9. The van der Waals surface area contributed by atoms with Gasteiger partial charge in [-0.05, 0) is 43.8 Å². The number of rotatable bonds is 5. The molecule has 0 unspecified atom stereocenters. The van der Waals surface area contributed by atoms with Gasteiger partial charge in [0.15, 0.2) is 0 Å². The van der Waals surface area contributed by atoms with Crippen molar-refractivity contribution in [2.45, 2.75) is 11.3 Å². The van der Waals surface area contributed by atoms with Gasteiger partial charge in [0.1, 0.15) is 0 Å². The lowest BCUT2D eigenvalue weighted by atomic mass is 10.1. The molecule has 0 aliphatic rings. The van der Waals surface area contributed by atoms with Gasteiger partial charge in [0.2, 0.25) is 0 Å². The third kappa shape index (κ3) is 2.53. The highest BCUT2D eigenvalue weighted by molar-refractivity contribution is 7.90. The van der Waals surface area contributed by atoms with Crippen molar-refractivity contribution >= 4 is 20.9 Å². The second kappa shape index (κ2) is 5.94. The summed E-state index contributed by atoms with van der Waals surface area (Å²) in [7, 11) is -1.68. The first kappa shape index (κ1) is 14.8. The van der Waals surface area contributed by atoms with Crippen LogP contribution in [-0.4, -0.2) is 26.0 Å². The highest BCUT2D eigenvalue weighted by Crippen LogP contribution is 2.26. The van der Waals surface area contributed by atoms with Gasteiger partial charge in [-0.15, -0.1) is 0 Å². The number of para-hydroxylation sites is 1. The number of benzene rings is 2. The molecule has 1 heterocycles. The summed E-state index contributed by atoms with van der Waals surface area (Å²) in [5.41, 5.74) is 1.75. The molecular formula is C17H18N2O2S. The summed E-state index contributed by atoms with van der Waals surface area (Å²) in [6.07, 6.45) is 2.53. The third-order valence-corrected chi connectivity index (χ3v) is 5.39. The van der Waals surface area contributed by atoms with Crippen molar-refractivity contribution in [3.8, 4) is 0 Å². The van der Waals surface area contributed by atoms with Crippen LogP contribution in [-0.2, 0) is 16.4 Å². The second-order valence-electron chi connectivity index (χ2n) is 5.14. The number of fused-ring (bicyclic) bond motifs is 1. The summed E-state index contributed by atoms with van der Waals surface area (Å²) < 4.78 is 27.2. The first-order valence-electron chi connectivity index (χ1n) is 7.19. The van der Waals surface area contributed by atoms with Gasteiger partial charge in [-0.3, -0.25) is 0 Å². The van der Waals surface area contributed by atoms with Gasteiger partial charge in [-0.25, -0.2) is 12.4 Å². The number of aromatic nitrogens is 1. The first-order valence-corrected chi connectivity index (χ1v) is 8.63. The Bertz CT molecular complexity index is 883. The molecule has 1 N–H and O–H groups in total. The van der Waals surface area contributed by atoms with E-state index < -0.39 is 10.0 Å². The largest absolute Gasteiger partial charge is 0.319 e. The summed E-state index contributed by atoms with van der Waals surface area (Å²) in [5, 5.41) is 4.09. The van der Waals surface area contributed by atoms with Crippen LogP contribution < -0.4 is 5.32 Å². The van der Waals surface area contributed by atoms with Crippen molar-refractivity contribution in [3.63, 3.8) is 0 Å². The van der Waals surface area contributed by atoms with E-state index in [-0.39, 0.29) is 0 Å². The molecule has 0 atom stereocenters. The van der Waals surface area contributed by atoms with Crippen LogP contribution in [0.2, 0.25) is 0 Å². The van der Waals surface area contributed by atoms with E-state index in [4.69, 9.17) is 0 Å². The lowest BCUT2D eigenvalue weighted by Crippen LogP contribution is -2.12. The Morgan fingerprint density at radius 1 is 1.00 bits per heavy atom. The lowest BCUT2D eigenvalue weighted by Gasteiger charge is -2.07. The van der Waals surface area contributed by atoms with Crippen LogP contribution in [0.25, 0.3) is 10.9 Å². The molecule has 5 heteroatoms. The van der Waals surface area contributed by atoms with Crippen molar-refractivity contribution < 1.29 is 8.42 Å². The van der Waals surface area contributed by atoms with E-state index >= 15 is 0 Å². The van der Waals surface area contributed by atoms with Gasteiger partial charge in [0.25, 0.3) is 10.0 Å². The van der Waals surface area contributed by atoms with Crippen LogP contribution in [0.1, 0.15) is 5.56 Å². The quantitative estimate of drug-likeness (QED) is 0.787. The Kier molecular flexibility index (Phi) is 4.00. The van der Waals surface area contributed by atoms with E-state index in [9.17, 15) is 8.42 Å². The minimum absolute atomic E-state index is 0.302. The van der Waals surface area contributed by atoms with Gasteiger partial charge in [0.05, 0.1) is 10.4 Å². The number of hydrogen-bond donors (Lipinski definition) is 1. The molecule has 22 heavy (non-hydrogen) atoms. The third-order valence-electron chi connectivity index (χ3n) is 3.70. The normalized spacial score (nSPS) is 11.9. The van der Waals surface area contributed by atoms with Crippen LogP contribution in [0.3, 0.4) is 0 Å². The molecule has 0 aliphatic heterocycles. The SMILES string of the molecule is CNCCc1cn(S(=O)(=O)c2ccccc2)c2ccccc12. The van der Waals surface area contributed by atoms with Crippen LogP contribution in [0.5, 0.6) is 0 Å². The molecular weight excluding hydrogens is 296 g/mol. The Labute approximate surface area is 130 Å². The maximum Gasteiger partial charge on any atom is 0.268 e. The van der Waals surface area contributed by atoms with E-state index in [0.717, 1.165) is 29.4 Å². The van der Waals surface area contributed by atoms with Gasteiger partial charge < -0.3 is 5.32 Å². The zero-order valence-electron chi connectivity index (χ0n) is 12.4. The molecule has 4 nitrogen and oxygen atoms in total. The standard InChI is InChI=1S/C17H18N2O2S/c1-18-12-11-14-13-19(17-10-6-5-9-16(14)17)22(20,21)15-7-3-2-4-8-15/h2-10,13,18H,11-12H2,1H3. The van der Waals surface area contributed by atoms with Crippen molar-refractivity contribution in [2.24, 2.45) is 0 Å². The van der Waals surface area contributed by atoms with Crippen LogP contribution in [0.15, 0.2) is 65.7 Å². The molecule has 0 saturated heterocycles. The number of hydrogen-bond acceptors (Lipinski definition) is 3. The van der Waals surface area contributed by atoms with Crippen molar-refractivity contribution in [1.29, 1.82) is 0 Å². The number of nitrogens with one attached hydrogen (secondary N) is 1. The zero-order chi connectivity index (χ0) is 15.6. The summed E-state index contributed by atoms with van der Waals surface area (Å²) in [4.78, 5) is 0.302. The highest BCUT2D eigenvalue weighted by atomic mass is 32.2. The van der Waals surface area contributed by atoms with E-state index in [1.54, 1.807) is 30.5 Å². The maximum absolute atomic E-state index is 12.9. The minimum Gasteiger partial charge on any atom is -0.319 e. The molecule has 0 spiro atoms. The van der Waals surface area contributed by atoms with Gasteiger partial charge >= 0.3 is 0 Å². The molecule has 0 aliphatic carbocycles. The van der Waals surface area contributed by atoms with Crippen molar-refractivity contribution in [3.05, 3.63) is 66.4 Å². The van der Waals surface area contributed by atoms with Crippen LogP contribution in [0.4, 0.5) is 0 Å². The van der Waals surface area contributed by atoms with E-state index in [0.29, 0.717) is 4.90 Å². The van der Waals surface area contributed by atoms with Crippen molar-refractivity contribution in [2.75, 3.05) is 13.6 Å². The number of nitrogens with zero attached hydrogens (tertiary/aromatic N) is 1. The molecule has 114 valence electrons. The molecule has 0 radical (unpaired) electrons. The van der Waals surface area contributed by atoms with Gasteiger partial charge in [-0.2, -0.15) is 0 Å². The highest BCUT2D eigenvalue weighted by Gasteiger charge is 2.20. The van der Waals surface area contributed by atoms with Crippen LogP contribution in [0, 0.1) is 0 Å². The zero-order valence-corrected chi connectivity index (χ0v) is 13.2. The van der Waals surface area contributed by atoms with E-state index in [2.05, 4.69) is 5.32 Å². The predicted octanol–water partition coefficient (Wildman–Crippen LogP) is 2.64. The van der Waals surface area contributed by atoms with Crippen LogP contribution >= 0.6 is 0 Å². The predicted molar refractivity (Wildman–Crippen MR) is 88.6 cm³/mol. The van der Waals surface area contributed by atoms with Gasteiger partial charge in [-0.1, -0.05) is 36.4 Å². The molecule has 0 bridgehead atoms. The molecule has 3 aromatic rings. The average Bonchev–Trinajstić information content (AvgIpc) is 2.93. The Morgan fingerprint density at radius 2 is 1.68 bits per heavy atom. The summed E-state index contributed by atoms with van der Waals surface area (Å²) in [6.45, 7) is 0.805. The molecule has 2 aromatic carbocycles. The summed E-state index contributed by atoms with van der Waals surface area (Å²) >= 11 is 0. The monoisotopic (exact) mass is 314 g/mol. The Balaban J connectivity index is 2.19. The fraction of sp³-hybridized carbons (Fsp3) is 0.176. The smallest absolute Gasteiger partial charge is 0.268 e. The van der Waals surface area contributed by atoms with E-state index in [1.807, 2.05) is 37.4 Å². The molecule has 3 rings (SSSR count). The number of likely N-dealkylation sites (N-methyl/N-ethyl adjacent to an activating group) is 1. The molecule has 0 fully saturated rings. The Morgan fingerprint density at radius 3 is 2.41 bits per heavy atom. The fourth-order valence-corrected chi connectivity index (χ4v) is 3.99. The summed E-state index contributed by atoms with van der Waals surface area (Å²) in [5.74, 6) is 0. The lowest BCUT2D eigenvalue weighted by molar-refractivity contribution is 0.589. The molecule has 0 saturated carbocycles. The second-order valence-corrected chi connectivity index (χ2v) is 6.95. The molecule has 1 aromatic heterocycles. The van der Waals surface area contributed by atoms with E-state index in [1.165, 1.54) is 3.97 Å². The Hall–Kier alpha value is -2.11. The average molecular weight is 314 g/mol. The van der Waals surface area contributed by atoms with Gasteiger partial charge in [0, 0.05) is 11.6 Å². The fourth-order valence-electron chi connectivity index (χ4n) is 2.58. The molecule has 0 amide bonds.